The highest BCUT2D eigenvalue weighted by Gasteiger charge is 2.15. The summed E-state index contributed by atoms with van der Waals surface area (Å²) in [5.74, 6) is 0.390. The molecule has 0 atom stereocenters. The fraction of sp³-hybridized carbons (Fsp3) is 0.333. The lowest BCUT2D eigenvalue weighted by atomic mass is 10.1. The Morgan fingerprint density at radius 2 is 2.36 bits per heavy atom. The summed E-state index contributed by atoms with van der Waals surface area (Å²) in [7, 11) is 0. The van der Waals surface area contributed by atoms with Gasteiger partial charge in [-0.1, -0.05) is 5.16 Å². The van der Waals surface area contributed by atoms with Crippen molar-refractivity contribution in [2.75, 3.05) is 12.3 Å². The van der Waals surface area contributed by atoms with Crippen LogP contribution in [0.4, 0.5) is 5.82 Å². The summed E-state index contributed by atoms with van der Waals surface area (Å²) in [5, 5.41) is 4.44. The third-order valence-corrected chi connectivity index (χ3v) is 2.40. The van der Waals surface area contributed by atoms with Crippen molar-refractivity contribution in [1.82, 2.24) is 10.1 Å². The minimum absolute atomic E-state index is 0.390. The van der Waals surface area contributed by atoms with Crippen molar-refractivity contribution in [3.63, 3.8) is 0 Å². The molecule has 2 N–H and O–H groups in total. The largest absolute Gasteiger partial charge is 0.380 e. The van der Waals surface area contributed by atoms with E-state index in [4.69, 9.17) is 15.0 Å². The van der Waals surface area contributed by atoms with Crippen molar-refractivity contribution in [1.29, 1.82) is 0 Å². The van der Waals surface area contributed by atoms with Crippen LogP contribution in [0.2, 0.25) is 0 Å². The summed E-state index contributed by atoms with van der Waals surface area (Å²) >= 11 is 0. The molecule has 0 aliphatic carbocycles. The molecule has 0 unspecified atom stereocenters. The maximum atomic E-state index is 5.62. The Morgan fingerprint density at radius 1 is 1.43 bits per heavy atom. The van der Waals surface area contributed by atoms with Crippen LogP contribution in [-0.2, 0) is 17.8 Å². The molecule has 0 spiro atoms. The molecule has 5 heteroatoms. The Hall–Kier alpha value is -1.62. The van der Waals surface area contributed by atoms with E-state index in [1.54, 1.807) is 0 Å². The molecule has 5 nitrogen and oxygen atoms in total. The summed E-state index contributed by atoms with van der Waals surface area (Å²) in [5.41, 5.74) is 8.25. The standard InChI is InChI=1S/C9H9N3O2/c10-8-6-3-5-4-13-2-1-7(5)11-9(6)14-12-8/h3H,1-2,4H2,(H2,10,12). The van der Waals surface area contributed by atoms with Gasteiger partial charge in [-0.2, -0.15) is 0 Å². The fourth-order valence-corrected chi connectivity index (χ4v) is 1.66. The van der Waals surface area contributed by atoms with Crippen LogP contribution in [0.3, 0.4) is 0 Å². The normalized spacial score (nSPS) is 15.7. The third kappa shape index (κ3) is 0.990. The number of fused-ring (bicyclic) bond motifs is 2. The van der Waals surface area contributed by atoms with Gasteiger partial charge in [-0.05, 0) is 6.07 Å². The van der Waals surface area contributed by atoms with E-state index in [-0.39, 0.29) is 0 Å². The second kappa shape index (κ2) is 2.68. The number of aromatic nitrogens is 2. The zero-order valence-electron chi connectivity index (χ0n) is 7.49. The lowest BCUT2D eigenvalue weighted by Crippen LogP contribution is -2.11. The number of ether oxygens (including phenoxy) is 1. The highest BCUT2D eigenvalue weighted by molar-refractivity contribution is 5.84. The van der Waals surface area contributed by atoms with Gasteiger partial charge in [0, 0.05) is 12.0 Å². The minimum atomic E-state index is 0.390. The number of rotatable bonds is 0. The number of nitrogens with zero attached hydrogens (tertiary/aromatic N) is 2. The Labute approximate surface area is 79.8 Å². The zero-order valence-corrected chi connectivity index (χ0v) is 7.49. The van der Waals surface area contributed by atoms with Crippen molar-refractivity contribution in [2.24, 2.45) is 0 Å². The van der Waals surface area contributed by atoms with Crippen LogP contribution < -0.4 is 5.73 Å². The number of nitrogens with two attached hydrogens (primary N) is 1. The van der Waals surface area contributed by atoms with Crippen molar-refractivity contribution in [3.05, 3.63) is 17.3 Å². The van der Waals surface area contributed by atoms with Gasteiger partial charge in [0.05, 0.1) is 24.3 Å². The number of pyridine rings is 1. The highest BCUT2D eigenvalue weighted by Crippen LogP contribution is 2.24. The lowest BCUT2D eigenvalue weighted by molar-refractivity contribution is 0.109. The van der Waals surface area contributed by atoms with E-state index in [0.29, 0.717) is 18.1 Å². The lowest BCUT2D eigenvalue weighted by Gasteiger charge is -2.14. The van der Waals surface area contributed by atoms with Gasteiger partial charge in [-0.15, -0.1) is 0 Å². The van der Waals surface area contributed by atoms with Gasteiger partial charge in [0.25, 0.3) is 5.71 Å². The number of hydrogen-bond acceptors (Lipinski definition) is 5. The van der Waals surface area contributed by atoms with E-state index in [9.17, 15) is 0 Å². The molecule has 0 saturated heterocycles. The summed E-state index contributed by atoms with van der Waals surface area (Å²) in [6.07, 6.45) is 0.825. The van der Waals surface area contributed by atoms with Gasteiger partial charge in [0.1, 0.15) is 0 Å². The Balaban J connectivity index is 2.29. The highest BCUT2D eigenvalue weighted by atomic mass is 16.5. The Kier molecular flexibility index (Phi) is 1.49. The first kappa shape index (κ1) is 7.75. The smallest absolute Gasteiger partial charge is 0.260 e. The second-order valence-corrected chi connectivity index (χ2v) is 3.32. The van der Waals surface area contributed by atoms with Crippen LogP contribution in [0.5, 0.6) is 0 Å². The third-order valence-electron chi connectivity index (χ3n) is 2.40. The monoisotopic (exact) mass is 191 g/mol. The van der Waals surface area contributed by atoms with Gasteiger partial charge in [0.15, 0.2) is 5.82 Å². The van der Waals surface area contributed by atoms with Gasteiger partial charge in [-0.25, -0.2) is 4.98 Å². The molecule has 0 aromatic carbocycles. The van der Waals surface area contributed by atoms with E-state index in [1.165, 1.54) is 0 Å². The van der Waals surface area contributed by atoms with Crippen molar-refractivity contribution >= 4 is 16.9 Å². The predicted molar refractivity (Wildman–Crippen MR) is 49.6 cm³/mol. The molecular formula is C9H9N3O2. The van der Waals surface area contributed by atoms with E-state index >= 15 is 0 Å². The SMILES string of the molecule is Nc1noc2nc3c(cc12)COCC3. The Morgan fingerprint density at radius 3 is 3.29 bits per heavy atom. The van der Waals surface area contributed by atoms with Crippen molar-refractivity contribution < 1.29 is 9.26 Å². The van der Waals surface area contributed by atoms with E-state index in [1.807, 2.05) is 6.07 Å². The molecule has 2 aromatic heterocycles. The number of hydrogen-bond donors (Lipinski definition) is 1. The van der Waals surface area contributed by atoms with Crippen LogP contribution in [0.1, 0.15) is 11.3 Å². The fourth-order valence-electron chi connectivity index (χ4n) is 1.66. The average Bonchev–Trinajstić information content (AvgIpc) is 2.57. The van der Waals surface area contributed by atoms with Crippen LogP contribution in [0.25, 0.3) is 11.1 Å². The second-order valence-electron chi connectivity index (χ2n) is 3.32. The van der Waals surface area contributed by atoms with Gasteiger partial charge in [-0.3, -0.25) is 0 Å². The molecule has 14 heavy (non-hydrogen) atoms. The van der Waals surface area contributed by atoms with E-state index < -0.39 is 0 Å². The van der Waals surface area contributed by atoms with Gasteiger partial charge in [0.2, 0.25) is 0 Å². The van der Waals surface area contributed by atoms with Crippen molar-refractivity contribution in [3.8, 4) is 0 Å². The first-order valence-corrected chi connectivity index (χ1v) is 4.46. The molecular weight excluding hydrogens is 182 g/mol. The predicted octanol–water partition coefficient (Wildman–Crippen LogP) is 0.878. The molecule has 1 aliphatic rings. The zero-order chi connectivity index (χ0) is 9.54. The van der Waals surface area contributed by atoms with Gasteiger partial charge < -0.3 is 15.0 Å². The minimum Gasteiger partial charge on any atom is -0.380 e. The molecule has 2 aromatic rings. The summed E-state index contributed by atoms with van der Waals surface area (Å²) in [6, 6.07) is 1.95. The number of nitrogen functional groups attached to an aromatic ring is 1. The van der Waals surface area contributed by atoms with Crippen molar-refractivity contribution in [2.45, 2.75) is 13.0 Å². The molecule has 0 radical (unpaired) electrons. The van der Waals surface area contributed by atoms with E-state index in [2.05, 4.69) is 10.1 Å². The topological polar surface area (TPSA) is 74.2 Å². The maximum absolute atomic E-state index is 5.62. The van der Waals surface area contributed by atoms with Gasteiger partial charge >= 0.3 is 0 Å². The molecule has 3 heterocycles. The molecule has 3 rings (SSSR count). The first-order valence-electron chi connectivity index (χ1n) is 4.46. The van der Waals surface area contributed by atoms with Crippen LogP contribution in [0.15, 0.2) is 10.6 Å². The molecule has 0 amide bonds. The quantitative estimate of drug-likeness (QED) is 0.669. The summed E-state index contributed by atoms with van der Waals surface area (Å²) in [4.78, 5) is 4.35. The molecule has 0 saturated carbocycles. The molecule has 1 aliphatic heterocycles. The summed E-state index contributed by atoms with van der Waals surface area (Å²) in [6.45, 7) is 1.32. The van der Waals surface area contributed by atoms with Crippen LogP contribution in [0, 0.1) is 0 Å². The van der Waals surface area contributed by atoms with Crippen LogP contribution >= 0.6 is 0 Å². The number of anilines is 1. The average molecular weight is 191 g/mol. The molecule has 72 valence electrons. The molecule has 0 bridgehead atoms. The van der Waals surface area contributed by atoms with Crippen LogP contribution in [-0.4, -0.2) is 16.7 Å². The molecule has 0 fully saturated rings. The summed E-state index contributed by atoms with van der Waals surface area (Å²) < 4.78 is 10.3. The Bertz CT molecular complexity index is 492. The first-order chi connectivity index (χ1) is 6.84. The van der Waals surface area contributed by atoms with E-state index in [0.717, 1.165) is 29.7 Å². The maximum Gasteiger partial charge on any atom is 0.260 e.